The number of para-hydroxylation sites is 1. The molecule has 6 heteroatoms. The minimum absolute atomic E-state index is 0.0709. The molecule has 3 aromatic rings. The summed E-state index contributed by atoms with van der Waals surface area (Å²) < 4.78 is 13.5. The Morgan fingerprint density at radius 3 is 2.43 bits per heavy atom. The summed E-state index contributed by atoms with van der Waals surface area (Å²) in [5.41, 5.74) is 2.60. The Morgan fingerprint density at radius 2 is 1.80 bits per heavy atom. The smallest absolute Gasteiger partial charge is 0.227 e. The molecule has 2 aromatic carbocycles. The highest BCUT2D eigenvalue weighted by Crippen LogP contribution is 2.33. The normalized spacial score (nSPS) is 10.9. The summed E-state index contributed by atoms with van der Waals surface area (Å²) >= 11 is 0. The number of rotatable bonds is 8. The lowest BCUT2D eigenvalue weighted by molar-refractivity contribution is -0.133. The lowest BCUT2D eigenvalue weighted by atomic mass is 10.2. The topological polar surface area (TPSA) is 56.6 Å². The van der Waals surface area contributed by atoms with E-state index in [9.17, 15) is 4.79 Å². The van der Waals surface area contributed by atoms with Gasteiger partial charge in [-0.2, -0.15) is 5.10 Å². The standard InChI is InChI=1S/C24H29N3O3/c1-6-23(28)26(17(2)3)16-22-18(4)25-27(19-11-8-7-9-12-19)24(22)30-21-14-10-13-20(15-21)29-5/h7-15,17H,6,16H2,1-5H3. The first kappa shape index (κ1) is 21.4. The molecule has 0 aliphatic heterocycles. The molecule has 1 heterocycles. The Morgan fingerprint density at radius 1 is 1.10 bits per heavy atom. The molecular formula is C24H29N3O3. The van der Waals surface area contributed by atoms with Gasteiger partial charge in [0, 0.05) is 18.5 Å². The Hall–Kier alpha value is -3.28. The van der Waals surface area contributed by atoms with E-state index in [0.717, 1.165) is 16.9 Å². The number of ether oxygens (including phenoxy) is 2. The van der Waals surface area contributed by atoms with Gasteiger partial charge in [0.25, 0.3) is 0 Å². The Kier molecular flexibility index (Phi) is 6.77. The molecule has 0 N–H and O–H groups in total. The van der Waals surface area contributed by atoms with Gasteiger partial charge >= 0.3 is 0 Å². The second kappa shape index (κ2) is 9.48. The van der Waals surface area contributed by atoms with Crippen LogP contribution >= 0.6 is 0 Å². The molecule has 30 heavy (non-hydrogen) atoms. The van der Waals surface area contributed by atoms with Gasteiger partial charge in [0.05, 0.1) is 30.6 Å². The zero-order valence-electron chi connectivity index (χ0n) is 18.3. The van der Waals surface area contributed by atoms with E-state index in [0.29, 0.717) is 30.3 Å². The number of hydrogen-bond donors (Lipinski definition) is 0. The van der Waals surface area contributed by atoms with Crippen LogP contribution in [0.2, 0.25) is 0 Å². The molecule has 0 aliphatic rings. The van der Waals surface area contributed by atoms with Crippen LogP contribution in [-0.2, 0) is 11.3 Å². The van der Waals surface area contributed by atoms with E-state index < -0.39 is 0 Å². The number of carbonyl (C=O) groups is 1. The van der Waals surface area contributed by atoms with Crippen LogP contribution in [0.15, 0.2) is 54.6 Å². The van der Waals surface area contributed by atoms with Crippen LogP contribution in [0.5, 0.6) is 17.4 Å². The molecule has 1 amide bonds. The van der Waals surface area contributed by atoms with Crippen LogP contribution in [0, 0.1) is 6.92 Å². The molecule has 1 aromatic heterocycles. The molecule has 0 saturated carbocycles. The molecule has 0 spiro atoms. The number of carbonyl (C=O) groups excluding carboxylic acids is 1. The molecule has 0 aliphatic carbocycles. The van der Waals surface area contributed by atoms with Crippen LogP contribution in [-0.4, -0.2) is 33.7 Å². The Balaban J connectivity index is 2.09. The Labute approximate surface area is 178 Å². The SMILES string of the molecule is CCC(=O)N(Cc1c(C)nn(-c2ccccc2)c1Oc1cccc(OC)c1)C(C)C. The summed E-state index contributed by atoms with van der Waals surface area (Å²) in [4.78, 5) is 14.4. The summed E-state index contributed by atoms with van der Waals surface area (Å²) in [5, 5.41) is 4.74. The highest BCUT2D eigenvalue weighted by molar-refractivity contribution is 5.76. The fourth-order valence-electron chi connectivity index (χ4n) is 3.28. The summed E-state index contributed by atoms with van der Waals surface area (Å²) in [6.07, 6.45) is 0.454. The van der Waals surface area contributed by atoms with Crippen molar-refractivity contribution in [1.29, 1.82) is 0 Å². The predicted octanol–water partition coefficient (Wildman–Crippen LogP) is 5.13. The summed E-state index contributed by atoms with van der Waals surface area (Å²) in [6, 6.07) is 17.4. The van der Waals surface area contributed by atoms with Crippen LogP contribution < -0.4 is 9.47 Å². The van der Waals surface area contributed by atoms with Crippen molar-refractivity contribution < 1.29 is 14.3 Å². The lowest BCUT2D eigenvalue weighted by Gasteiger charge is -2.26. The van der Waals surface area contributed by atoms with Gasteiger partial charge in [0.2, 0.25) is 11.8 Å². The lowest BCUT2D eigenvalue weighted by Crippen LogP contribution is -2.36. The first-order valence-electron chi connectivity index (χ1n) is 10.2. The zero-order chi connectivity index (χ0) is 21.7. The van der Waals surface area contributed by atoms with Gasteiger partial charge in [-0.1, -0.05) is 31.2 Å². The van der Waals surface area contributed by atoms with Crippen LogP contribution in [0.25, 0.3) is 5.69 Å². The van der Waals surface area contributed by atoms with Crippen molar-refractivity contribution >= 4 is 5.91 Å². The molecule has 0 bridgehead atoms. The molecule has 158 valence electrons. The van der Waals surface area contributed by atoms with E-state index in [1.165, 1.54) is 0 Å². The highest BCUT2D eigenvalue weighted by atomic mass is 16.5. The van der Waals surface area contributed by atoms with Gasteiger partial charge in [-0.25, -0.2) is 4.68 Å². The van der Waals surface area contributed by atoms with E-state index in [1.54, 1.807) is 11.8 Å². The molecule has 6 nitrogen and oxygen atoms in total. The van der Waals surface area contributed by atoms with Crippen molar-refractivity contribution in [2.75, 3.05) is 7.11 Å². The highest BCUT2D eigenvalue weighted by Gasteiger charge is 2.24. The van der Waals surface area contributed by atoms with Gasteiger partial charge in [0.15, 0.2) is 0 Å². The van der Waals surface area contributed by atoms with Crippen LogP contribution in [0.1, 0.15) is 38.4 Å². The van der Waals surface area contributed by atoms with Gasteiger partial charge in [-0.05, 0) is 45.0 Å². The molecule has 0 saturated heterocycles. The van der Waals surface area contributed by atoms with Crippen LogP contribution in [0.3, 0.4) is 0 Å². The van der Waals surface area contributed by atoms with E-state index in [1.807, 2.05) is 87.2 Å². The molecule has 3 rings (SSSR count). The first-order valence-corrected chi connectivity index (χ1v) is 10.2. The third-order valence-electron chi connectivity index (χ3n) is 4.97. The number of aryl methyl sites for hydroxylation is 1. The minimum atomic E-state index is 0.0709. The van der Waals surface area contributed by atoms with Crippen molar-refractivity contribution in [3.63, 3.8) is 0 Å². The van der Waals surface area contributed by atoms with Crippen LogP contribution in [0.4, 0.5) is 0 Å². The van der Waals surface area contributed by atoms with E-state index in [-0.39, 0.29) is 11.9 Å². The molecule has 0 radical (unpaired) electrons. The average Bonchev–Trinajstić information content (AvgIpc) is 3.06. The fourth-order valence-corrected chi connectivity index (χ4v) is 3.28. The minimum Gasteiger partial charge on any atom is -0.497 e. The first-order chi connectivity index (χ1) is 14.4. The summed E-state index contributed by atoms with van der Waals surface area (Å²) in [5.74, 6) is 2.05. The molecule has 0 atom stereocenters. The maximum atomic E-state index is 12.5. The number of nitrogens with zero attached hydrogens (tertiary/aromatic N) is 3. The third-order valence-corrected chi connectivity index (χ3v) is 4.97. The van der Waals surface area contributed by atoms with E-state index in [4.69, 9.17) is 14.6 Å². The molecule has 0 unspecified atom stereocenters. The van der Waals surface area contributed by atoms with Gasteiger partial charge in [-0.15, -0.1) is 0 Å². The van der Waals surface area contributed by atoms with Crippen molar-refractivity contribution in [3.8, 4) is 23.1 Å². The number of methoxy groups -OCH3 is 1. The molecule has 0 fully saturated rings. The number of hydrogen-bond acceptors (Lipinski definition) is 4. The quantitative estimate of drug-likeness (QED) is 0.519. The van der Waals surface area contributed by atoms with E-state index in [2.05, 4.69) is 0 Å². The summed E-state index contributed by atoms with van der Waals surface area (Å²) in [7, 11) is 1.62. The molecular weight excluding hydrogens is 378 g/mol. The van der Waals surface area contributed by atoms with Crippen molar-refractivity contribution in [3.05, 3.63) is 65.9 Å². The number of amides is 1. The van der Waals surface area contributed by atoms with Crippen molar-refractivity contribution in [2.24, 2.45) is 0 Å². The van der Waals surface area contributed by atoms with Gasteiger partial charge in [-0.3, -0.25) is 4.79 Å². The maximum absolute atomic E-state index is 12.5. The number of benzene rings is 2. The monoisotopic (exact) mass is 407 g/mol. The second-order valence-corrected chi connectivity index (χ2v) is 7.37. The van der Waals surface area contributed by atoms with E-state index >= 15 is 0 Å². The Bertz CT molecular complexity index is 996. The van der Waals surface area contributed by atoms with Gasteiger partial charge in [0.1, 0.15) is 11.5 Å². The largest absolute Gasteiger partial charge is 0.497 e. The van der Waals surface area contributed by atoms with Gasteiger partial charge < -0.3 is 14.4 Å². The zero-order valence-corrected chi connectivity index (χ0v) is 18.3. The predicted molar refractivity (Wildman–Crippen MR) is 117 cm³/mol. The fraction of sp³-hybridized carbons (Fsp3) is 0.333. The third kappa shape index (κ3) is 4.64. The second-order valence-electron chi connectivity index (χ2n) is 7.37. The summed E-state index contributed by atoms with van der Waals surface area (Å²) in [6.45, 7) is 8.30. The van der Waals surface area contributed by atoms with Crippen molar-refractivity contribution in [2.45, 2.75) is 46.7 Å². The number of aromatic nitrogens is 2. The average molecular weight is 408 g/mol. The van der Waals surface area contributed by atoms with Crippen molar-refractivity contribution in [1.82, 2.24) is 14.7 Å². The maximum Gasteiger partial charge on any atom is 0.227 e.